The van der Waals surface area contributed by atoms with Gasteiger partial charge in [-0.3, -0.25) is 4.79 Å². The average molecular weight is 323 g/mol. The van der Waals surface area contributed by atoms with E-state index in [0.717, 1.165) is 42.7 Å². The van der Waals surface area contributed by atoms with Crippen LogP contribution in [-0.2, 0) is 14.3 Å². The number of likely N-dealkylation sites (tertiary alicyclic amines) is 1. The van der Waals surface area contributed by atoms with Gasteiger partial charge in [0.05, 0.1) is 11.5 Å². The number of carbonyl (C=O) groups excluding carboxylic acids is 2. The Balaban J connectivity index is 1.53. The molecule has 2 aliphatic heterocycles. The summed E-state index contributed by atoms with van der Waals surface area (Å²) < 4.78 is 10.6. The van der Waals surface area contributed by atoms with Gasteiger partial charge in [0.25, 0.3) is 0 Å². The van der Waals surface area contributed by atoms with Crippen molar-refractivity contribution < 1.29 is 19.1 Å². The summed E-state index contributed by atoms with van der Waals surface area (Å²) in [5, 5.41) is -0.219. The lowest BCUT2D eigenvalue weighted by molar-refractivity contribution is -0.117. The Morgan fingerprint density at radius 2 is 2.18 bits per heavy atom. The lowest BCUT2D eigenvalue weighted by Crippen LogP contribution is -2.36. The van der Waals surface area contributed by atoms with Gasteiger partial charge >= 0.3 is 6.09 Å². The minimum absolute atomic E-state index is 0.164. The topological polar surface area (TPSA) is 55.8 Å². The highest BCUT2D eigenvalue weighted by Gasteiger charge is 2.33. The van der Waals surface area contributed by atoms with Crippen molar-refractivity contribution >= 4 is 23.6 Å². The maximum atomic E-state index is 12.2. The lowest BCUT2D eigenvalue weighted by Gasteiger charge is -2.27. The molecule has 1 aliphatic carbocycles. The number of hydrogen-bond donors (Lipinski definition) is 0. The van der Waals surface area contributed by atoms with E-state index in [-0.39, 0.29) is 23.1 Å². The Kier molecular flexibility index (Phi) is 4.76. The van der Waals surface area contributed by atoms with E-state index in [2.05, 4.69) is 0 Å². The number of ether oxygens (including phenoxy) is 2. The molecular formula is C16H21NO4S. The van der Waals surface area contributed by atoms with E-state index in [1.54, 1.807) is 11.2 Å². The second-order valence-corrected chi connectivity index (χ2v) is 6.92. The number of Topliss-reactive ketones (excluding diaryl/α,β-unsaturated/α-hetero) is 1. The maximum absolute atomic E-state index is 12.2. The SMILES string of the molecule is CC1=C2COC=C2CC(=O)C1SCOC(=O)N1CCCCC1. The van der Waals surface area contributed by atoms with Gasteiger partial charge in [-0.2, -0.15) is 0 Å². The third-order valence-corrected chi connectivity index (χ3v) is 5.60. The molecule has 1 saturated heterocycles. The zero-order chi connectivity index (χ0) is 15.5. The molecule has 3 rings (SSSR count). The molecule has 22 heavy (non-hydrogen) atoms. The number of rotatable bonds is 3. The summed E-state index contributed by atoms with van der Waals surface area (Å²) in [6.45, 7) is 4.08. The molecule has 0 aromatic heterocycles. The third kappa shape index (κ3) is 3.16. The zero-order valence-electron chi connectivity index (χ0n) is 12.8. The number of fused-ring (bicyclic) bond motifs is 1. The Morgan fingerprint density at radius 3 is 2.95 bits per heavy atom. The van der Waals surface area contributed by atoms with Crippen molar-refractivity contribution in [3.63, 3.8) is 0 Å². The minimum atomic E-state index is -0.259. The van der Waals surface area contributed by atoms with E-state index in [1.807, 2.05) is 6.92 Å². The van der Waals surface area contributed by atoms with Gasteiger partial charge in [0.15, 0.2) is 5.78 Å². The van der Waals surface area contributed by atoms with Gasteiger partial charge in [-0.25, -0.2) is 4.79 Å². The first-order chi connectivity index (χ1) is 10.7. The molecule has 6 heteroatoms. The van der Waals surface area contributed by atoms with Crippen molar-refractivity contribution in [2.24, 2.45) is 0 Å². The normalized spacial score (nSPS) is 24.8. The fourth-order valence-corrected chi connectivity index (χ4v) is 4.09. The smallest absolute Gasteiger partial charge is 0.410 e. The molecule has 3 aliphatic rings. The van der Waals surface area contributed by atoms with E-state index in [4.69, 9.17) is 9.47 Å². The highest BCUT2D eigenvalue weighted by atomic mass is 32.2. The first kappa shape index (κ1) is 15.5. The number of amides is 1. The van der Waals surface area contributed by atoms with Gasteiger partial charge in [-0.15, -0.1) is 11.8 Å². The summed E-state index contributed by atoms with van der Waals surface area (Å²) >= 11 is 1.39. The molecule has 1 fully saturated rings. The van der Waals surface area contributed by atoms with Crippen molar-refractivity contribution in [1.29, 1.82) is 0 Å². The zero-order valence-corrected chi connectivity index (χ0v) is 13.6. The molecule has 0 radical (unpaired) electrons. The predicted molar refractivity (Wildman–Crippen MR) is 84.5 cm³/mol. The summed E-state index contributed by atoms with van der Waals surface area (Å²) in [5.41, 5.74) is 3.18. The number of carbonyl (C=O) groups is 2. The first-order valence-electron chi connectivity index (χ1n) is 7.73. The fourth-order valence-electron chi connectivity index (χ4n) is 3.12. The molecule has 2 heterocycles. The van der Waals surface area contributed by atoms with Crippen molar-refractivity contribution in [2.75, 3.05) is 25.6 Å². The van der Waals surface area contributed by atoms with Gasteiger partial charge in [0.2, 0.25) is 0 Å². The highest BCUT2D eigenvalue weighted by molar-refractivity contribution is 8.00. The van der Waals surface area contributed by atoms with Crippen LogP contribution >= 0.6 is 11.8 Å². The predicted octanol–water partition coefficient (Wildman–Crippen LogP) is 2.87. The minimum Gasteiger partial charge on any atom is -0.496 e. The Bertz CT molecular complexity index is 534. The van der Waals surface area contributed by atoms with Crippen LogP contribution in [0.25, 0.3) is 0 Å². The molecule has 0 aromatic carbocycles. The number of ketones is 1. The van der Waals surface area contributed by atoms with Gasteiger partial charge in [-0.05, 0) is 37.3 Å². The molecule has 0 aromatic rings. The molecule has 0 N–H and O–H groups in total. The maximum Gasteiger partial charge on any atom is 0.410 e. The van der Waals surface area contributed by atoms with Crippen LogP contribution in [0.2, 0.25) is 0 Å². The second kappa shape index (κ2) is 6.77. The van der Waals surface area contributed by atoms with Crippen LogP contribution in [0.5, 0.6) is 0 Å². The van der Waals surface area contributed by atoms with Crippen LogP contribution in [0.15, 0.2) is 23.0 Å². The molecule has 120 valence electrons. The van der Waals surface area contributed by atoms with Gasteiger partial charge < -0.3 is 14.4 Å². The van der Waals surface area contributed by atoms with Crippen molar-refractivity contribution in [2.45, 2.75) is 37.9 Å². The summed E-state index contributed by atoms with van der Waals surface area (Å²) in [5.74, 6) is 0.382. The number of hydrogen-bond acceptors (Lipinski definition) is 5. The standard InChI is InChI=1S/C16H21NO4S/c1-11-13-9-20-8-12(13)7-14(18)15(11)22-10-21-16(19)17-5-3-2-4-6-17/h8,15H,2-7,9-10H2,1H3. The van der Waals surface area contributed by atoms with Crippen LogP contribution in [0.4, 0.5) is 4.79 Å². The van der Waals surface area contributed by atoms with Gasteiger partial charge in [-0.1, -0.05) is 0 Å². The van der Waals surface area contributed by atoms with Gasteiger partial charge in [0, 0.05) is 25.1 Å². The molecule has 0 spiro atoms. The van der Waals surface area contributed by atoms with Crippen LogP contribution in [0.1, 0.15) is 32.6 Å². The summed E-state index contributed by atoms with van der Waals surface area (Å²) in [4.78, 5) is 25.9. The van der Waals surface area contributed by atoms with Crippen LogP contribution < -0.4 is 0 Å². The van der Waals surface area contributed by atoms with Crippen molar-refractivity contribution in [1.82, 2.24) is 4.90 Å². The van der Waals surface area contributed by atoms with E-state index < -0.39 is 0 Å². The van der Waals surface area contributed by atoms with E-state index in [1.165, 1.54) is 18.2 Å². The molecule has 5 nitrogen and oxygen atoms in total. The summed E-state index contributed by atoms with van der Waals surface area (Å²) in [6, 6.07) is 0. The molecule has 1 atom stereocenters. The molecule has 0 saturated carbocycles. The highest BCUT2D eigenvalue weighted by Crippen LogP contribution is 2.36. The number of piperidine rings is 1. The van der Waals surface area contributed by atoms with Gasteiger partial charge in [0.1, 0.15) is 12.5 Å². The third-order valence-electron chi connectivity index (χ3n) is 4.40. The Hall–Kier alpha value is -1.43. The van der Waals surface area contributed by atoms with E-state index in [9.17, 15) is 9.59 Å². The van der Waals surface area contributed by atoms with E-state index in [0.29, 0.717) is 13.0 Å². The Labute approximate surface area is 134 Å². The fraction of sp³-hybridized carbons (Fsp3) is 0.625. The molecular weight excluding hydrogens is 302 g/mol. The molecule has 0 bridgehead atoms. The van der Waals surface area contributed by atoms with Crippen LogP contribution in [0, 0.1) is 0 Å². The van der Waals surface area contributed by atoms with Crippen molar-refractivity contribution in [3.05, 3.63) is 23.0 Å². The largest absolute Gasteiger partial charge is 0.496 e. The second-order valence-electron chi connectivity index (χ2n) is 5.88. The van der Waals surface area contributed by atoms with E-state index >= 15 is 0 Å². The summed E-state index contributed by atoms with van der Waals surface area (Å²) in [7, 11) is 0. The van der Waals surface area contributed by atoms with Crippen LogP contribution in [-0.4, -0.2) is 47.7 Å². The molecule has 1 unspecified atom stereocenters. The average Bonchev–Trinajstić information content (AvgIpc) is 2.99. The number of nitrogens with zero attached hydrogens (tertiary/aromatic N) is 1. The molecule has 1 amide bonds. The van der Waals surface area contributed by atoms with Crippen molar-refractivity contribution in [3.8, 4) is 0 Å². The Morgan fingerprint density at radius 1 is 1.41 bits per heavy atom. The first-order valence-corrected chi connectivity index (χ1v) is 8.78. The monoisotopic (exact) mass is 323 g/mol. The summed E-state index contributed by atoms with van der Waals surface area (Å²) in [6.07, 6.45) is 5.12. The van der Waals surface area contributed by atoms with Crippen LogP contribution in [0.3, 0.4) is 0 Å². The quantitative estimate of drug-likeness (QED) is 0.748. The number of thioether (sulfide) groups is 1. The lowest BCUT2D eigenvalue weighted by atomic mass is 9.89.